The Labute approximate surface area is 231 Å². The number of allylic oxidation sites excluding steroid dienone is 1. The molecule has 1 aromatic heterocycles. The highest BCUT2D eigenvalue weighted by molar-refractivity contribution is 7.07. The molecule has 1 unspecified atom stereocenters. The average molecular weight is 565 g/mol. The molecule has 1 aliphatic rings. The molecule has 11 nitrogen and oxygen atoms in total. The third-order valence-corrected chi connectivity index (χ3v) is 6.75. The maximum atomic E-state index is 13.7. The van der Waals surface area contributed by atoms with Gasteiger partial charge in [0.15, 0.2) is 16.3 Å². The summed E-state index contributed by atoms with van der Waals surface area (Å²) < 4.78 is 17.2. The fourth-order valence-corrected chi connectivity index (χ4v) is 5.20. The van der Waals surface area contributed by atoms with Gasteiger partial charge in [0.25, 0.3) is 5.56 Å². The number of hydrogen-bond acceptors (Lipinski definition) is 10. The molecule has 2 heterocycles. The van der Waals surface area contributed by atoms with Crippen LogP contribution in [0.1, 0.15) is 55.2 Å². The van der Waals surface area contributed by atoms with Crippen LogP contribution in [0.5, 0.6) is 11.5 Å². The molecule has 1 atom stereocenters. The summed E-state index contributed by atoms with van der Waals surface area (Å²) in [4.78, 5) is 66.0. The zero-order valence-electron chi connectivity index (χ0n) is 21.9. The van der Waals surface area contributed by atoms with Gasteiger partial charge in [0.2, 0.25) is 0 Å². The van der Waals surface area contributed by atoms with Crippen molar-refractivity contribution in [1.29, 1.82) is 0 Å². The fourth-order valence-electron chi connectivity index (χ4n) is 4.15. The van der Waals surface area contributed by atoms with Crippen LogP contribution in [0.2, 0.25) is 0 Å². The molecule has 3 aromatic rings. The van der Waals surface area contributed by atoms with Crippen LogP contribution in [0.3, 0.4) is 0 Å². The summed E-state index contributed by atoms with van der Waals surface area (Å²) >= 11 is 1.08. The van der Waals surface area contributed by atoms with Gasteiger partial charge < -0.3 is 19.3 Å². The largest absolute Gasteiger partial charge is 0.478 e. The molecule has 0 amide bonds. The minimum Gasteiger partial charge on any atom is -0.478 e. The summed E-state index contributed by atoms with van der Waals surface area (Å²) in [5.41, 5.74) is 1.09. The van der Waals surface area contributed by atoms with Gasteiger partial charge in [-0.1, -0.05) is 29.5 Å². The van der Waals surface area contributed by atoms with Crippen molar-refractivity contribution in [3.8, 4) is 11.5 Å². The van der Waals surface area contributed by atoms with E-state index >= 15 is 0 Å². The molecule has 0 saturated carbocycles. The second-order valence-electron chi connectivity index (χ2n) is 8.62. The van der Waals surface area contributed by atoms with Crippen LogP contribution in [0, 0.1) is 0 Å². The first-order valence-electron chi connectivity index (χ1n) is 12.0. The van der Waals surface area contributed by atoms with Gasteiger partial charge in [0.1, 0.15) is 0 Å². The second kappa shape index (κ2) is 11.5. The number of aromatic nitrogens is 1. The number of benzene rings is 2. The van der Waals surface area contributed by atoms with Crippen molar-refractivity contribution < 1.29 is 38.5 Å². The molecule has 40 heavy (non-hydrogen) atoms. The lowest BCUT2D eigenvalue weighted by atomic mass is 9.95. The first-order chi connectivity index (χ1) is 19.0. The predicted molar refractivity (Wildman–Crippen MR) is 143 cm³/mol. The van der Waals surface area contributed by atoms with Gasteiger partial charge in [-0.05, 0) is 55.3 Å². The van der Waals surface area contributed by atoms with Crippen LogP contribution in [-0.4, -0.2) is 40.2 Å². The molecule has 0 spiro atoms. The summed E-state index contributed by atoms with van der Waals surface area (Å²) in [5.74, 6) is -2.93. The molecule has 12 heteroatoms. The van der Waals surface area contributed by atoms with Gasteiger partial charge >= 0.3 is 23.9 Å². The number of thiazole rings is 1. The van der Waals surface area contributed by atoms with E-state index in [4.69, 9.17) is 14.2 Å². The van der Waals surface area contributed by atoms with Crippen molar-refractivity contribution >= 4 is 41.3 Å². The number of carbonyl (C=O) groups excluding carboxylic acids is 3. The summed E-state index contributed by atoms with van der Waals surface area (Å²) in [6.07, 6.45) is 1.56. The molecule has 1 aliphatic heterocycles. The van der Waals surface area contributed by atoms with Gasteiger partial charge in [0.05, 0.1) is 34.0 Å². The lowest BCUT2D eigenvalue weighted by Gasteiger charge is -2.24. The average Bonchev–Trinajstić information content (AvgIpc) is 3.18. The van der Waals surface area contributed by atoms with Gasteiger partial charge in [-0.15, -0.1) is 0 Å². The van der Waals surface area contributed by atoms with E-state index in [1.807, 2.05) is 0 Å². The number of nitrogens with zero attached hydrogens (tertiary/aromatic N) is 2. The van der Waals surface area contributed by atoms with Crippen LogP contribution < -0.4 is 24.4 Å². The van der Waals surface area contributed by atoms with E-state index in [1.165, 1.54) is 42.7 Å². The van der Waals surface area contributed by atoms with Gasteiger partial charge in [-0.25, -0.2) is 14.6 Å². The molecule has 2 aromatic carbocycles. The first-order valence-corrected chi connectivity index (χ1v) is 12.9. The van der Waals surface area contributed by atoms with E-state index in [1.54, 1.807) is 38.1 Å². The minimum atomic E-state index is -1.11. The second-order valence-corrected chi connectivity index (χ2v) is 9.63. The summed E-state index contributed by atoms with van der Waals surface area (Å²) in [6.45, 7) is 5.83. The number of rotatable bonds is 7. The van der Waals surface area contributed by atoms with Crippen molar-refractivity contribution in [1.82, 2.24) is 4.57 Å². The van der Waals surface area contributed by atoms with Crippen molar-refractivity contribution in [2.45, 2.75) is 33.7 Å². The highest BCUT2D eigenvalue weighted by Gasteiger charge is 2.33. The minimum absolute atomic E-state index is 0.000985. The maximum Gasteiger partial charge on any atom is 0.338 e. The van der Waals surface area contributed by atoms with E-state index in [9.17, 15) is 29.1 Å². The van der Waals surface area contributed by atoms with Crippen LogP contribution in [-0.2, 0) is 19.1 Å². The van der Waals surface area contributed by atoms with E-state index in [0.29, 0.717) is 21.6 Å². The van der Waals surface area contributed by atoms with E-state index in [2.05, 4.69) is 4.99 Å². The monoisotopic (exact) mass is 564 g/mol. The van der Waals surface area contributed by atoms with Crippen LogP contribution in [0.15, 0.2) is 63.5 Å². The number of aromatic carboxylic acids is 1. The lowest BCUT2D eigenvalue weighted by Crippen LogP contribution is -2.39. The van der Waals surface area contributed by atoms with Gasteiger partial charge in [-0.2, -0.15) is 0 Å². The van der Waals surface area contributed by atoms with Crippen LogP contribution >= 0.6 is 11.3 Å². The topological polar surface area (TPSA) is 151 Å². The third-order valence-electron chi connectivity index (χ3n) is 5.76. The zero-order valence-corrected chi connectivity index (χ0v) is 22.7. The summed E-state index contributed by atoms with van der Waals surface area (Å²) in [5, 5.41) is 9.30. The number of fused-ring (bicyclic) bond motifs is 1. The first kappa shape index (κ1) is 28.2. The molecule has 0 aliphatic carbocycles. The Morgan fingerprint density at radius 2 is 1.68 bits per heavy atom. The Bertz CT molecular complexity index is 1750. The normalized spacial score (nSPS) is 14.7. The number of carboxylic acids is 1. The maximum absolute atomic E-state index is 13.7. The van der Waals surface area contributed by atoms with Crippen LogP contribution in [0.4, 0.5) is 0 Å². The Balaban J connectivity index is 1.89. The molecule has 4 rings (SSSR count). The van der Waals surface area contributed by atoms with E-state index in [0.717, 1.165) is 11.3 Å². The zero-order chi connectivity index (χ0) is 29.1. The molecule has 0 radical (unpaired) electrons. The highest BCUT2D eigenvalue weighted by atomic mass is 32.1. The smallest absolute Gasteiger partial charge is 0.338 e. The lowest BCUT2D eigenvalue weighted by molar-refractivity contribution is -0.139. The molecular weight excluding hydrogens is 540 g/mol. The number of carbonyl (C=O) groups is 4. The molecule has 0 bridgehead atoms. The number of carboxylic acid groups (broad SMARTS) is 1. The molecular formula is C28H24N2O9S. The fraction of sp³-hybridized carbons (Fsp3) is 0.214. The summed E-state index contributed by atoms with van der Waals surface area (Å²) in [6, 6.07) is 9.45. The Morgan fingerprint density at radius 1 is 1.02 bits per heavy atom. The Kier molecular flexibility index (Phi) is 8.10. The van der Waals surface area contributed by atoms with Crippen molar-refractivity contribution in [2.24, 2.45) is 4.99 Å². The van der Waals surface area contributed by atoms with E-state index in [-0.39, 0.29) is 33.8 Å². The Hall–Kier alpha value is -4.84. The SMILES string of the molecule is CCOC(=O)C1=C(C)N=c2s/c(=C\c3ccc(OC(C)=O)c(OC(C)=O)c3)c(=O)n2C1c1ccc(C(=O)O)cc1. The van der Waals surface area contributed by atoms with Crippen molar-refractivity contribution in [2.75, 3.05) is 6.61 Å². The van der Waals surface area contributed by atoms with Gasteiger partial charge in [0, 0.05) is 13.8 Å². The third kappa shape index (κ3) is 5.76. The number of hydrogen-bond donors (Lipinski definition) is 1. The standard InChI is InChI=1S/C28H24N2O9S/c1-5-37-27(36)23-14(2)29-28-30(24(23)18-7-9-19(10-8-18)26(34)35)25(33)22(40-28)13-17-6-11-20(38-15(3)31)21(12-17)39-16(4)32/h6-13,24H,5H2,1-4H3,(H,34,35)/b22-13-. The molecule has 0 fully saturated rings. The van der Waals surface area contributed by atoms with E-state index < -0.39 is 35.5 Å². The van der Waals surface area contributed by atoms with Crippen molar-refractivity contribution in [3.63, 3.8) is 0 Å². The number of esters is 3. The highest BCUT2D eigenvalue weighted by Crippen LogP contribution is 2.31. The molecule has 1 N–H and O–H groups in total. The molecule has 0 saturated heterocycles. The number of ether oxygens (including phenoxy) is 3. The molecule has 206 valence electrons. The summed E-state index contributed by atoms with van der Waals surface area (Å²) in [7, 11) is 0. The Morgan fingerprint density at radius 3 is 2.27 bits per heavy atom. The van der Waals surface area contributed by atoms with Gasteiger partial charge in [-0.3, -0.25) is 19.0 Å². The predicted octanol–water partition coefficient (Wildman–Crippen LogP) is 2.35. The van der Waals surface area contributed by atoms with Crippen molar-refractivity contribution in [3.05, 3.63) is 90.1 Å². The quantitative estimate of drug-likeness (QED) is 0.337. The van der Waals surface area contributed by atoms with Crippen LogP contribution in [0.25, 0.3) is 6.08 Å².